The largest absolute Gasteiger partial charge is 0.444 e. The number of aryl methyl sites for hydroxylation is 2. The molecule has 0 aliphatic rings. The Hall–Kier alpha value is -3.27. The molecule has 0 radical (unpaired) electrons. The molecule has 2 aromatic heterocycles. The summed E-state index contributed by atoms with van der Waals surface area (Å²) < 4.78 is 48.2. The number of nitrogens with zero attached hydrogens (tertiary/aromatic N) is 4. The molecule has 176 valence electrons. The summed E-state index contributed by atoms with van der Waals surface area (Å²) in [5, 5.41) is 4.11. The van der Waals surface area contributed by atoms with Gasteiger partial charge in [-0.15, -0.1) is 0 Å². The van der Waals surface area contributed by atoms with E-state index in [1.807, 2.05) is 0 Å². The molecule has 0 aliphatic carbocycles. The van der Waals surface area contributed by atoms with Gasteiger partial charge in [0.25, 0.3) is 0 Å². The molecule has 0 fully saturated rings. The van der Waals surface area contributed by atoms with Gasteiger partial charge in [-0.3, -0.25) is 4.98 Å². The third kappa shape index (κ3) is 5.39. The molecule has 8 nitrogen and oxygen atoms in total. The van der Waals surface area contributed by atoms with Crippen LogP contribution in [-0.4, -0.2) is 46.8 Å². The Labute approximate surface area is 192 Å². The van der Waals surface area contributed by atoms with Crippen LogP contribution in [0.5, 0.6) is 0 Å². The average Bonchev–Trinajstić information content (AvgIpc) is 3.13. The lowest BCUT2D eigenvalue weighted by atomic mass is 10.2. The molecule has 1 aromatic carbocycles. The van der Waals surface area contributed by atoms with E-state index in [0.29, 0.717) is 11.3 Å². The van der Waals surface area contributed by atoms with Crippen LogP contribution in [0.4, 0.5) is 9.18 Å². The fraction of sp³-hybridized carbons (Fsp3) is 0.348. The van der Waals surface area contributed by atoms with E-state index in [1.165, 1.54) is 36.3 Å². The molecule has 1 amide bonds. The third-order valence-corrected chi connectivity index (χ3v) is 6.40. The number of sulfone groups is 1. The molecule has 10 heteroatoms. The van der Waals surface area contributed by atoms with E-state index in [2.05, 4.69) is 10.1 Å². The number of carbonyl (C=O) groups is 1. The van der Waals surface area contributed by atoms with Crippen molar-refractivity contribution in [1.82, 2.24) is 19.7 Å². The highest BCUT2D eigenvalue weighted by atomic mass is 32.2. The Morgan fingerprint density at radius 1 is 1.18 bits per heavy atom. The molecule has 33 heavy (non-hydrogen) atoms. The number of hydrogen-bond acceptors (Lipinski definition) is 6. The predicted molar refractivity (Wildman–Crippen MR) is 120 cm³/mol. The van der Waals surface area contributed by atoms with Crippen LogP contribution in [0, 0.1) is 19.7 Å². The summed E-state index contributed by atoms with van der Waals surface area (Å²) in [5.41, 5.74) is 0.549. The lowest BCUT2D eigenvalue weighted by Crippen LogP contribution is -2.33. The molecule has 0 N–H and O–H groups in total. The highest BCUT2D eigenvalue weighted by Crippen LogP contribution is 2.27. The Balaban J connectivity index is 2.10. The number of halogens is 1. The first kappa shape index (κ1) is 24.4. The van der Waals surface area contributed by atoms with Crippen molar-refractivity contribution in [3.8, 4) is 5.69 Å². The summed E-state index contributed by atoms with van der Waals surface area (Å²) in [6.07, 6.45) is 0.659. The zero-order valence-electron chi connectivity index (χ0n) is 19.5. The third-order valence-electron chi connectivity index (χ3n) is 4.70. The number of amides is 1. The Bertz CT molecular complexity index is 1280. The van der Waals surface area contributed by atoms with Gasteiger partial charge in [0.1, 0.15) is 11.3 Å². The van der Waals surface area contributed by atoms with Crippen LogP contribution >= 0.6 is 0 Å². The summed E-state index contributed by atoms with van der Waals surface area (Å²) >= 11 is 0. The van der Waals surface area contributed by atoms with Gasteiger partial charge in [0.05, 0.1) is 17.1 Å². The van der Waals surface area contributed by atoms with E-state index in [0.717, 1.165) is 4.68 Å². The summed E-state index contributed by atoms with van der Waals surface area (Å²) in [7, 11) is -2.58. The summed E-state index contributed by atoms with van der Waals surface area (Å²) in [5.74, 6) is -0.592. The molecule has 2 heterocycles. The van der Waals surface area contributed by atoms with Gasteiger partial charge in [0.15, 0.2) is 10.8 Å². The molecule has 0 saturated heterocycles. The summed E-state index contributed by atoms with van der Waals surface area (Å²) in [4.78, 5) is 17.6. The monoisotopic (exact) mass is 474 g/mol. The minimum Gasteiger partial charge on any atom is -0.444 e. The van der Waals surface area contributed by atoms with Crippen LogP contribution in [-0.2, 0) is 21.1 Å². The van der Waals surface area contributed by atoms with Crippen LogP contribution < -0.4 is 0 Å². The zero-order valence-corrected chi connectivity index (χ0v) is 20.3. The van der Waals surface area contributed by atoms with Crippen molar-refractivity contribution < 1.29 is 22.3 Å². The van der Waals surface area contributed by atoms with Gasteiger partial charge in [0.2, 0.25) is 9.84 Å². The number of aromatic nitrogens is 3. The highest BCUT2D eigenvalue weighted by Gasteiger charge is 2.28. The van der Waals surface area contributed by atoms with Gasteiger partial charge in [0, 0.05) is 25.0 Å². The van der Waals surface area contributed by atoms with Gasteiger partial charge in [-0.1, -0.05) is 12.1 Å². The number of hydrogen-bond donors (Lipinski definition) is 0. The molecule has 3 aromatic rings. The Morgan fingerprint density at radius 2 is 1.88 bits per heavy atom. The average molecular weight is 475 g/mol. The van der Waals surface area contributed by atoms with Crippen molar-refractivity contribution in [1.29, 1.82) is 0 Å². The van der Waals surface area contributed by atoms with Crippen molar-refractivity contribution in [3.63, 3.8) is 0 Å². The quantitative estimate of drug-likeness (QED) is 0.550. The van der Waals surface area contributed by atoms with E-state index in [9.17, 15) is 17.6 Å². The summed E-state index contributed by atoms with van der Waals surface area (Å²) in [6.45, 7) is 8.52. The fourth-order valence-electron chi connectivity index (χ4n) is 3.03. The minimum atomic E-state index is -4.09. The topological polar surface area (TPSA) is 94.4 Å². The van der Waals surface area contributed by atoms with E-state index in [-0.39, 0.29) is 27.8 Å². The molecule has 0 unspecified atom stereocenters. The van der Waals surface area contributed by atoms with Gasteiger partial charge in [-0.2, -0.15) is 5.10 Å². The van der Waals surface area contributed by atoms with Crippen LogP contribution in [0.1, 0.15) is 37.7 Å². The SMILES string of the molecule is Cc1ccc(S(=O)(=O)c2cc(CN(C)C(=O)OC(C)(C)C)nn2-c2cccc(C)c2F)cn1. The highest BCUT2D eigenvalue weighted by molar-refractivity contribution is 7.91. The minimum absolute atomic E-state index is 0.0141. The van der Waals surface area contributed by atoms with E-state index >= 15 is 0 Å². The molecule has 0 spiro atoms. The lowest BCUT2D eigenvalue weighted by molar-refractivity contribution is 0.0283. The molecule has 0 bridgehead atoms. The van der Waals surface area contributed by atoms with Crippen molar-refractivity contribution in [2.24, 2.45) is 0 Å². The van der Waals surface area contributed by atoms with Crippen LogP contribution in [0.3, 0.4) is 0 Å². The van der Waals surface area contributed by atoms with Gasteiger partial charge in [-0.05, 0) is 58.4 Å². The maximum absolute atomic E-state index is 14.9. The Kier molecular flexibility index (Phi) is 6.60. The van der Waals surface area contributed by atoms with Crippen LogP contribution in [0.25, 0.3) is 5.69 Å². The van der Waals surface area contributed by atoms with Crippen LogP contribution in [0.15, 0.2) is 52.5 Å². The molecule has 3 rings (SSSR count). The molecule has 0 saturated carbocycles. The summed E-state index contributed by atoms with van der Waals surface area (Å²) in [6, 6.07) is 9.00. The smallest absolute Gasteiger partial charge is 0.410 e. The normalized spacial score (nSPS) is 12.0. The second-order valence-corrected chi connectivity index (χ2v) is 10.7. The number of ether oxygens (including phenoxy) is 1. The second-order valence-electron chi connectivity index (χ2n) is 8.77. The van der Waals surface area contributed by atoms with Crippen molar-refractivity contribution in [2.45, 2.75) is 56.7 Å². The first-order chi connectivity index (χ1) is 15.3. The van der Waals surface area contributed by atoms with Gasteiger partial charge >= 0.3 is 6.09 Å². The van der Waals surface area contributed by atoms with Crippen molar-refractivity contribution in [3.05, 3.63) is 65.4 Å². The van der Waals surface area contributed by atoms with Gasteiger partial charge in [-0.25, -0.2) is 22.3 Å². The first-order valence-electron chi connectivity index (χ1n) is 10.3. The maximum atomic E-state index is 14.9. The molecule has 0 atom stereocenters. The van der Waals surface area contributed by atoms with E-state index in [4.69, 9.17) is 4.74 Å². The second kappa shape index (κ2) is 8.93. The molecular weight excluding hydrogens is 447 g/mol. The predicted octanol–water partition coefficient (Wildman–Crippen LogP) is 4.22. The standard InChI is InChI=1S/C23H27FN4O4S/c1-15-8-7-9-19(21(15)24)28-20(33(30,31)18-11-10-16(2)25-13-18)12-17(26-28)14-27(6)22(29)32-23(3,4)5/h7-13H,14H2,1-6H3. The molecule has 0 aliphatic heterocycles. The maximum Gasteiger partial charge on any atom is 0.410 e. The zero-order chi connectivity index (χ0) is 24.6. The lowest BCUT2D eigenvalue weighted by Gasteiger charge is -2.24. The van der Waals surface area contributed by atoms with Crippen molar-refractivity contribution in [2.75, 3.05) is 7.05 Å². The number of benzene rings is 1. The Morgan fingerprint density at radius 3 is 2.48 bits per heavy atom. The number of carbonyl (C=O) groups excluding carboxylic acids is 1. The number of rotatable bonds is 5. The molecular formula is C23H27FN4O4S. The van der Waals surface area contributed by atoms with Crippen LogP contribution in [0.2, 0.25) is 0 Å². The first-order valence-corrected chi connectivity index (χ1v) is 11.7. The van der Waals surface area contributed by atoms with E-state index in [1.54, 1.807) is 52.8 Å². The number of pyridine rings is 1. The van der Waals surface area contributed by atoms with E-state index < -0.39 is 27.3 Å². The van der Waals surface area contributed by atoms with Crippen molar-refractivity contribution >= 4 is 15.9 Å². The van der Waals surface area contributed by atoms with Gasteiger partial charge < -0.3 is 9.64 Å². The fourth-order valence-corrected chi connectivity index (χ4v) is 4.37.